The van der Waals surface area contributed by atoms with Gasteiger partial charge in [0.05, 0.1) is 6.61 Å². The molecule has 4 heteroatoms. The van der Waals surface area contributed by atoms with E-state index in [0.717, 1.165) is 11.1 Å². The van der Waals surface area contributed by atoms with Crippen LogP contribution in [-0.2, 0) is 6.42 Å². The summed E-state index contributed by atoms with van der Waals surface area (Å²) in [5, 5.41) is 20.2. The third-order valence-electron chi connectivity index (χ3n) is 3.99. The molecular weight excluding hydrogens is 271 g/mol. The van der Waals surface area contributed by atoms with Crippen LogP contribution < -0.4 is 4.74 Å². The number of fused-ring (bicyclic) bond motifs is 1. The second kappa shape index (κ2) is 5.13. The van der Waals surface area contributed by atoms with Crippen molar-refractivity contribution in [1.82, 2.24) is 0 Å². The van der Waals surface area contributed by atoms with Gasteiger partial charge in [-0.3, -0.25) is 0 Å². The van der Waals surface area contributed by atoms with Crippen LogP contribution in [0.5, 0.6) is 5.75 Å². The maximum atomic E-state index is 13.5. The highest BCUT2D eigenvalue weighted by molar-refractivity contribution is 5.41. The molecule has 0 heterocycles. The summed E-state index contributed by atoms with van der Waals surface area (Å²) < 4.78 is 19.4. The van der Waals surface area contributed by atoms with E-state index in [1.165, 1.54) is 12.1 Å². The molecule has 2 atom stereocenters. The van der Waals surface area contributed by atoms with Gasteiger partial charge in [0, 0.05) is 12.0 Å². The van der Waals surface area contributed by atoms with E-state index < -0.39 is 18.3 Å². The van der Waals surface area contributed by atoms with Gasteiger partial charge in [0.25, 0.3) is 0 Å². The lowest BCUT2D eigenvalue weighted by atomic mass is 9.98. The summed E-state index contributed by atoms with van der Waals surface area (Å²) in [6.07, 6.45) is -0.537. The molecule has 1 aliphatic rings. The first-order valence-corrected chi connectivity index (χ1v) is 6.87. The maximum absolute atomic E-state index is 13.5. The van der Waals surface area contributed by atoms with E-state index in [4.69, 9.17) is 4.74 Å². The summed E-state index contributed by atoms with van der Waals surface area (Å²) >= 11 is 0. The van der Waals surface area contributed by atoms with Crippen LogP contribution >= 0.6 is 0 Å². The standard InChI is InChI=1S/C17H17FO3/c1-11-4-2-3-5-15(11)21-16-14-8-13(18)7-6-12(14)9-17(16,20)10-19/h2-8,16,19-20H,9-10H2,1H3/t16-,17+/m0/s1. The maximum Gasteiger partial charge on any atom is 0.155 e. The number of para-hydroxylation sites is 1. The van der Waals surface area contributed by atoms with Crippen molar-refractivity contribution >= 4 is 0 Å². The van der Waals surface area contributed by atoms with Crippen molar-refractivity contribution in [3.63, 3.8) is 0 Å². The quantitative estimate of drug-likeness (QED) is 0.912. The lowest BCUT2D eigenvalue weighted by Gasteiger charge is -2.29. The SMILES string of the molecule is Cc1ccccc1O[C@H]1c2cc(F)ccc2C[C@@]1(O)CO. The summed E-state index contributed by atoms with van der Waals surface area (Å²) in [5.74, 6) is 0.237. The number of aliphatic hydroxyl groups excluding tert-OH is 1. The smallest absolute Gasteiger partial charge is 0.155 e. The summed E-state index contributed by atoms with van der Waals surface area (Å²) in [4.78, 5) is 0. The van der Waals surface area contributed by atoms with Crippen molar-refractivity contribution in [2.24, 2.45) is 0 Å². The van der Waals surface area contributed by atoms with Gasteiger partial charge in [-0.15, -0.1) is 0 Å². The van der Waals surface area contributed by atoms with Gasteiger partial charge in [0.15, 0.2) is 6.10 Å². The van der Waals surface area contributed by atoms with Crippen LogP contribution in [0.15, 0.2) is 42.5 Å². The molecule has 0 saturated carbocycles. The minimum atomic E-state index is -1.43. The van der Waals surface area contributed by atoms with E-state index in [1.54, 1.807) is 12.1 Å². The molecule has 2 aromatic rings. The molecule has 110 valence electrons. The average molecular weight is 288 g/mol. The Bertz CT molecular complexity index is 671. The van der Waals surface area contributed by atoms with Crippen LogP contribution in [0.4, 0.5) is 4.39 Å². The molecular formula is C17H17FO3. The number of halogens is 1. The number of ether oxygens (including phenoxy) is 1. The molecule has 3 rings (SSSR count). The predicted molar refractivity (Wildman–Crippen MR) is 76.7 cm³/mol. The number of rotatable bonds is 3. The van der Waals surface area contributed by atoms with Crippen molar-refractivity contribution in [1.29, 1.82) is 0 Å². The zero-order valence-electron chi connectivity index (χ0n) is 11.7. The highest BCUT2D eigenvalue weighted by Crippen LogP contribution is 2.42. The van der Waals surface area contributed by atoms with Crippen molar-refractivity contribution < 1.29 is 19.3 Å². The zero-order chi connectivity index (χ0) is 15.0. The first kappa shape index (κ1) is 14.0. The molecule has 0 bridgehead atoms. The highest BCUT2D eigenvalue weighted by Gasteiger charge is 2.46. The second-order valence-electron chi connectivity index (χ2n) is 5.54. The van der Waals surface area contributed by atoms with Gasteiger partial charge in [-0.2, -0.15) is 0 Å². The Morgan fingerprint density at radius 3 is 2.76 bits per heavy atom. The van der Waals surface area contributed by atoms with Crippen molar-refractivity contribution in [2.75, 3.05) is 6.61 Å². The fraction of sp³-hybridized carbons (Fsp3) is 0.294. The molecule has 0 fully saturated rings. The van der Waals surface area contributed by atoms with Gasteiger partial charge in [0.1, 0.15) is 17.2 Å². The second-order valence-corrected chi connectivity index (χ2v) is 5.54. The van der Waals surface area contributed by atoms with E-state index in [2.05, 4.69) is 0 Å². The third kappa shape index (κ3) is 2.41. The lowest BCUT2D eigenvalue weighted by Crippen LogP contribution is -2.40. The lowest BCUT2D eigenvalue weighted by molar-refractivity contribution is -0.0849. The molecule has 3 nitrogen and oxygen atoms in total. The van der Waals surface area contributed by atoms with E-state index in [0.29, 0.717) is 11.3 Å². The van der Waals surface area contributed by atoms with Crippen LogP contribution in [0.3, 0.4) is 0 Å². The normalized spacial score (nSPS) is 23.9. The first-order valence-electron chi connectivity index (χ1n) is 6.87. The van der Waals surface area contributed by atoms with Gasteiger partial charge >= 0.3 is 0 Å². The Morgan fingerprint density at radius 1 is 1.29 bits per heavy atom. The molecule has 0 unspecified atom stereocenters. The number of hydrogen-bond acceptors (Lipinski definition) is 3. The molecule has 2 aromatic carbocycles. The fourth-order valence-electron chi connectivity index (χ4n) is 2.81. The van der Waals surface area contributed by atoms with Crippen LogP contribution in [0.25, 0.3) is 0 Å². The van der Waals surface area contributed by atoms with Crippen LogP contribution in [-0.4, -0.2) is 22.4 Å². The molecule has 1 aliphatic carbocycles. The number of aryl methyl sites for hydroxylation is 1. The molecule has 0 aliphatic heterocycles. The topological polar surface area (TPSA) is 49.7 Å². The van der Waals surface area contributed by atoms with E-state index in [9.17, 15) is 14.6 Å². The Morgan fingerprint density at radius 2 is 2.05 bits per heavy atom. The Balaban J connectivity index is 2.02. The van der Waals surface area contributed by atoms with Gasteiger partial charge in [-0.1, -0.05) is 24.3 Å². The highest BCUT2D eigenvalue weighted by atomic mass is 19.1. The number of benzene rings is 2. The van der Waals surface area contributed by atoms with Crippen LogP contribution in [0.2, 0.25) is 0 Å². The first-order chi connectivity index (χ1) is 10.0. The van der Waals surface area contributed by atoms with Gasteiger partial charge in [-0.05, 0) is 36.2 Å². The molecule has 0 spiro atoms. The monoisotopic (exact) mass is 288 g/mol. The van der Waals surface area contributed by atoms with Crippen molar-refractivity contribution in [3.8, 4) is 5.75 Å². The van der Waals surface area contributed by atoms with Gasteiger partial charge < -0.3 is 14.9 Å². The fourth-order valence-corrected chi connectivity index (χ4v) is 2.81. The van der Waals surface area contributed by atoms with E-state index >= 15 is 0 Å². The largest absolute Gasteiger partial charge is 0.482 e. The number of hydrogen-bond donors (Lipinski definition) is 2. The van der Waals surface area contributed by atoms with Gasteiger partial charge in [-0.25, -0.2) is 4.39 Å². The van der Waals surface area contributed by atoms with E-state index in [1.807, 2.05) is 25.1 Å². The molecule has 0 aromatic heterocycles. The number of aliphatic hydroxyl groups is 2. The molecule has 0 radical (unpaired) electrons. The van der Waals surface area contributed by atoms with Crippen LogP contribution in [0, 0.1) is 12.7 Å². The Labute approximate surface area is 122 Å². The summed E-state index contributed by atoms with van der Waals surface area (Å²) in [5.41, 5.74) is 0.877. The third-order valence-corrected chi connectivity index (χ3v) is 3.99. The predicted octanol–water partition coefficient (Wildman–Crippen LogP) is 2.53. The molecule has 0 amide bonds. The zero-order valence-corrected chi connectivity index (χ0v) is 11.7. The summed E-state index contributed by atoms with van der Waals surface area (Å²) in [6.45, 7) is 1.45. The molecule has 21 heavy (non-hydrogen) atoms. The Kier molecular flexibility index (Phi) is 3.43. The molecule has 0 saturated heterocycles. The molecule has 2 N–H and O–H groups in total. The minimum Gasteiger partial charge on any atom is -0.482 e. The summed E-state index contributed by atoms with van der Waals surface area (Å²) in [7, 11) is 0. The summed E-state index contributed by atoms with van der Waals surface area (Å²) in [6, 6.07) is 11.8. The van der Waals surface area contributed by atoms with Crippen molar-refractivity contribution in [2.45, 2.75) is 25.0 Å². The van der Waals surface area contributed by atoms with E-state index in [-0.39, 0.29) is 12.2 Å². The average Bonchev–Trinajstić information content (AvgIpc) is 2.74. The van der Waals surface area contributed by atoms with Crippen molar-refractivity contribution in [3.05, 3.63) is 65.0 Å². The minimum absolute atomic E-state index is 0.246. The van der Waals surface area contributed by atoms with Crippen LogP contribution in [0.1, 0.15) is 22.8 Å². The Hall–Kier alpha value is -1.91. The van der Waals surface area contributed by atoms with Gasteiger partial charge in [0.2, 0.25) is 0 Å².